The lowest BCUT2D eigenvalue weighted by Crippen LogP contribution is -2.43. The summed E-state index contributed by atoms with van der Waals surface area (Å²) in [6.45, 7) is 5.56. The van der Waals surface area contributed by atoms with E-state index < -0.39 is 0 Å². The molecule has 130 valence electrons. The molecule has 1 atom stereocenters. The lowest BCUT2D eigenvalue weighted by Gasteiger charge is -2.23. The Morgan fingerprint density at radius 2 is 2.12 bits per heavy atom. The molecule has 1 aromatic rings. The van der Waals surface area contributed by atoms with E-state index in [1.807, 2.05) is 30.0 Å². The van der Waals surface area contributed by atoms with Gasteiger partial charge < -0.3 is 20.3 Å². The van der Waals surface area contributed by atoms with Crippen molar-refractivity contribution in [1.29, 1.82) is 0 Å². The lowest BCUT2D eigenvalue weighted by atomic mass is 10.0. The summed E-state index contributed by atoms with van der Waals surface area (Å²) in [7, 11) is 0. The number of likely N-dealkylation sites (tertiary alicyclic amines) is 1. The van der Waals surface area contributed by atoms with E-state index in [9.17, 15) is 9.59 Å². The standard InChI is InChI=1S/C18H25N3O3/c1-13-15(18(23)21-8-2-3-9-21)5-4-6-16(13)20-17(22)11-14-12-24-10-7-19-14/h4-6,14,19H,2-3,7-12H2,1H3,(H,20,22). The van der Waals surface area contributed by atoms with Gasteiger partial charge in [0.2, 0.25) is 5.91 Å². The molecule has 6 heteroatoms. The molecule has 1 unspecified atom stereocenters. The average Bonchev–Trinajstić information content (AvgIpc) is 3.11. The van der Waals surface area contributed by atoms with Gasteiger partial charge >= 0.3 is 0 Å². The molecular weight excluding hydrogens is 306 g/mol. The van der Waals surface area contributed by atoms with Crippen LogP contribution >= 0.6 is 0 Å². The molecule has 0 spiro atoms. The maximum Gasteiger partial charge on any atom is 0.254 e. The SMILES string of the molecule is Cc1c(NC(=O)CC2COCCN2)cccc1C(=O)N1CCCC1. The molecule has 0 aromatic heterocycles. The Balaban J connectivity index is 1.66. The third-order valence-corrected chi connectivity index (χ3v) is 4.66. The largest absolute Gasteiger partial charge is 0.378 e. The van der Waals surface area contributed by atoms with Crippen LogP contribution in [0.4, 0.5) is 5.69 Å². The summed E-state index contributed by atoms with van der Waals surface area (Å²) in [6.07, 6.45) is 2.50. The fourth-order valence-corrected chi connectivity index (χ4v) is 3.27. The molecular formula is C18H25N3O3. The van der Waals surface area contributed by atoms with Crippen molar-refractivity contribution in [2.24, 2.45) is 0 Å². The lowest BCUT2D eigenvalue weighted by molar-refractivity contribution is -0.117. The molecule has 2 N–H and O–H groups in total. The normalized spacial score (nSPS) is 20.9. The summed E-state index contributed by atoms with van der Waals surface area (Å²) in [5, 5.41) is 6.21. The molecule has 2 amide bonds. The minimum absolute atomic E-state index is 0.0495. The Bertz CT molecular complexity index is 606. The number of rotatable bonds is 4. The minimum atomic E-state index is -0.0631. The minimum Gasteiger partial charge on any atom is -0.378 e. The van der Waals surface area contributed by atoms with Crippen LogP contribution in [0.5, 0.6) is 0 Å². The zero-order valence-corrected chi connectivity index (χ0v) is 14.1. The smallest absolute Gasteiger partial charge is 0.254 e. The third kappa shape index (κ3) is 3.94. The molecule has 0 radical (unpaired) electrons. The number of hydrogen-bond donors (Lipinski definition) is 2. The van der Waals surface area contributed by atoms with Crippen LogP contribution in [0.1, 0.15) is 35.2 Å². The highest BCUT2D eigenvalue weighted by Crippen LogP contribution is 2.22. The maximum absolute atomic E-state index is 12.6. The van der Waals surface area contributed by atoms with Crippen molar-refractivity contribution < 1.29 is 14.3 Å². The Labute approximate surface area is 142 Å². The second-order valence-corrected chi connectivity index (χ2v) is 6.46. The molecule has 3 rings (SSSR count). The number of hydrogen-bond acceptors (Lipinski definition) is 4. The highest BCUT2D eigenvalue weighted by molar-refractivity contribution is 5.99. The fourth-order valence-electron chi connectivity index (χ4n) is 3.27. The molecule has 0 bridgehead atoms. The molecule has 24 heavy (non-hydrogen) atoms. The summed E-state index contributed by atoms with van der Waals surface area (Å²) >= 11 is 0. The maximum atomic E-state index is 12.6. The van der Waals surface area contributed by atoms with E-state index >= 15 is 0 Å². The number of ether oxygens (including phenoxy) is 1. The van der Waals surface area contributed by atoms with Crippen LogP contribution in [-0.2, 0) is 9.53 Å². The summed E-state index contributed by atoms with van der Waals surface area (Å²) in [5.41, 5.74) is 2.21. The van der Waals surface area contributed by atoms with Gasteiger partial charge in [0.25, 0.3) is 5.91 Å². The topological polar surface area (TPSA) is 70.7 Å². The van der Waals surface area contributed by atoms with E-state index in [0.29, 0.717) is 30.9 Å². The Morgan fingerprint density at radius 1 is 1.33 bits per heavy atom. The molecule has 6 nitrogen and oxygen atoms in total. The van der Waals surface area contributed by atoms with Crippen molar-refractivity contribution in [1.82, 2.24) is 10.2 Å². The van der Waals surface area contributed by atoms with Crippen LogP contribution in [0.25, 0.3) is 0 Å². The second kappa shape index (κ2) is 7.77. The monoisotopic (exact) mass is 331 g/mol. The van der Waals surface area contributed by atoms with Gasteiger partial charge in [-0.05, 0) is 37.5 Å². The van der Waals surface area contributed by atoms with Gasteiger partial charge in [-0.25, -0.2) is 0 Å². The summed E-state index contributed by atoms with van der Waals surface area (Å²) in [6, 6.07) is 5.56. The molecule has 2 aliphatic rings. The number of nitrogens with zero attached hydrogens (tertiary/aromatic N) is 1. The van der Waals surface area contributed by atoms with Crippen LogP contribution in [0.2, 0.25) is 0 Å². The Hall–Kier alpha value is -1.92. The first kappa shape index (κ1) is 16.9. The zero-order valence-electron chi connectivity index (χ0n) is 14.1. The molecule has 1 aromatic carbocycles. The Kier molecular flexibility index (Phi) is 5.48. The van der Waals surface area contributed by atoms with Gasteiger partial charge in [0.1, 0.15) is 0 Å². The van der Waals surface area contributed by atoms with Gasteiger partial charge in [-0.1, -0.05) is 6.07 Å². The molecule has 0 aliphatic carbocycles. The van der Waals surface area contributed by atoms with Crippen LogP contribution in [0, 0.1) is 6.92 Å². The summed E-state index contributed by atoms with van der Waals surface area (Å²) in [4.78, 5) is 26.8. The first-order valence-corrected chi connectivity index (χ1v) is 8.65. The number of carbonyl (C=O) groups excluding carboxylic acids is 2. The van der Waals surface area contributed by atoms with Crippen molar-refractivity contribution in [3.05, 3.63) is 29.3 Å². The van der Waals surface area contributed by atoms with Gasteiger partial charge in [0.15, 0.2) is 0 Å². The zero-order chi connectivity index (χ0) is 16.9. The third-order valence-electron chi connectivity index (χ3n) is 4.66. The molecule has 0 saturated carbocycles. The molecule has 2 heterocycles. The van der Waals surface area contributed by atoms with Crippen LogP contribution < -0.4 is 10.6 Å². The van der Waals surface area contributed by atoms with Crippen LogP contribution in [0.15, 0.2) is 18.2 Å². The predicted molar refractivity (Wildman–Crippen MR) is 92.2 cm³/mol. The Morgan fingerprint density at radius 3 is 2.83 bits per heavy atom. The van der Waals surface area contributed by atoms with Gasteiger partial charge in [-0.15, -0.1) is 0 Å². The van der Waals surface area contributed by atoms with Crippen molar-refractivity contribution >= 4 is 17.5 Å². The average molecular weight is 331 g/mol. The molecule has 2 aliphatic heterocycles. The first-order valence-electron chi connectivity index (χ1n) is 8.65. The van der Waals surface area contributed by atoms with E-state index in [4.69, 9.17) is 4.74 Å². The van der Waals surface area contributed by atoms with Gasteiger partial charge in [-0.3, -0.25) is 9.59 Å². The van der Waals surface area contributed by atoms with Crippen molar-refractivity contribution in [3.63, 3.8) is 0 Å². The number of carbonyl (C=O) groups is 2. The van der Waals surface area contributed by atoms with Crippen LogP contribution in [-0.4, -0.2) is 55.6 Å². The van der Waals surface area contributed by atoms with Crippen molar-refractivity contribution in [2.75, 3.05) is 38.2 Å². The van der Waals surface area contributed by atoms with Gasteiger partial charge in [0, 0.05) is 43.3 Å². The number of amides is 2. The van der Waals surface area contributed by atoms with Gasteiger partial charge in [-0.2, -0.15) is 0 Å². The highest BCUT2D eigenvalue weighted by atomic mass is 16.5. The number of benzene rings is 1. The summed E-state index contributed by atoms with van der Waals surface area (Å²) in [5.74, 6) is -0.00434. The number of nitrogens with one attached hydrogen (secondary N) is 2. The first-order chi connectivity index (χ1) is 11.6. The quantitative estimate of drug-likeness (QED) is 0.878. The van der Waals surface area contributed by atoms with Crippen molar-refractivity contribution in [3.8, 4) is 0 Å². The van der Waals surface area contributed by atoms with E-state index in [2.05, 4.69) is 10.6 Å². The number of anilines is 1. The van der Waals surface area contributed by atoms with Gasteiger partial charge in [0.05, 0.1) is 13.2 Å². The fraction of sp³-hybridized carbons (Fsp3) is 0.556. The van der Waals surface area contributed by atoms with E-state index in [1.165, 1.54) is 0 Å². The molecule has 2 fully saturated rings. The number of morpholine rings is 1. The summed E-state index contributed by atoms with van der Waals surface area (Å²) < 4.78 is 5.37. The predicted octanol–water partition coefficient (Wildman–Crippen LogP) is 1.55. The van der Waals surface area contributed by atoms with E-state index in [0.717, 1.165) is 38.0 Å². The van der Waals surface area contributed by atoms with E-state index in [1.54, 1.807) is 0 Å². The second-order valence-electron chi connectivity index (χ2n) is 6.46. The highest BCUT2D eigenvalue weighted by Gasteiger charge is 2.22. The van der Waals surface area contributed by atoms with Crippen LogP contribution in [0.3, 0.4) is 0 Å². The molecule has 2 saturated heterocycles. The van der Waals surface area contributed by atoms with Crippen molar-refractivity contribution in [2.45, 2.75) is 32.2 Å². The van der Waals surface area contributed by atoms with E-state index in [-0.39, 0.29) is 17.9 Å².